The van der Waals surface area contributed by atoms with Crippen LogP contribution in [0.1, 0.15) is 5.69 Å². The summed E-state index contributed by atoms with van der Waals surface area (Å²) in [4.78, 5) is 4.45. The summed E-state index contributed by atoms with van der Waals surface area (Å²) in [5, 5.41) is 3.87. The molecule has 1 aromatic carbocycles. The van der Waals surface area contributed by atoms with Crippen molar-refractivity contribution in [3.63, 3.8) is 0 Å². The average Bonchev–Trinajstić information content (AvgIpc) is 2.69. The molecule has 0 aliphatic carbocycles. The van der Waals surface area contributed by atoms with Gasteiger partial charge in [-0.25, -0.2) is 4.98 Å². The van der Waals surface area contributed by atoms with Crippen molar-refractivity contribution in [2.45, 2.75) is 6.42 Å². The predicted molar refractivity (Wildman–Crippen MR) is 71.3 cm³/mol. The number of benzene rings is 1. The molecule has 0 saturated carbocycles. The number of rotatable bonds is 4. The minimum atomic E-state index is 0.737. The van der Waals surface area contributed by atoms with E-state index in [1.54, 1.807) is 0 Å². The number of aromatic nitrogens is 2. The number of halogens is 1. The molecule has 17 heavy (non-hydrogen) atoms. The minimum absolute atomic E-state index is 0.737. The molecule has 0 atom stereocenters. The van der Waals surface area contributed by atoms with E-state index >= 15 is 0 Å². The molecule has 2 rings (SSSR count). The molecule has 0 fully saturated rings. The zero-order chi connectivity index (χ0) is 12.3. The van der Waals surface area contributed by atoms with Gasteiger partial charge in [0.15, 0.2) is 0 Å². The fourth-order valence-electron chi connectivity index (χ4n) is 1.82. The average molecular weight is 250 g/mol. The monoisotopic (exact) mass is 249 g/mol. The van der Waals surface area contributed by atoms with Crippen molar-refractivity contribution >= 4 is 11.6 Å². The highest BCUT2D eigenvalue weighted by Crippen LogP contribution is 2.26. The lowest BCUT2D eigenvalue weighted by Crippen LogP contribution is -2.12. The fraction of sp³-hybridized carbons (Fsp3) is 0.308. The Kier molecular flexibility index (Phi) is 3.82. The van der Waals surface area contributed by atoms with Gasteiger partial charge in [0, 0.05) is 37.5 Å². The lowest BCUT2D eigenvalue weighted by molar-refractivity contribution is 0.740. The van der Waals surface area contributed by atoms with E-state index in [-0.39, 0.29) is 0 Å². The SMILES string of the molecule is CNCCc1cnc(-c2ccccc2Cl)n1C. The maximum Gasteiger partial charge on any atom is 0.141 e. The van der Waals surface area contributed by atoms with Crippen LogP contribution in [0.25, 0.3) is 11.4 Å². The number of likely N-dealkylation sites (N-methyl/N-ethyl adjacent to an activating group) is 1. The van der Waals surface area contributed by atoms with Gasteiger partial charge in [-0.15, -0.1) is 0 Å². The first kappa shape index (κ1) is 12.1. The van der Waals surface area contributed by atoms with Crippen LogP contribution in [0.3, 0.4) is 0 Å². The molecule has 0 saturated heterocycles. The number of imidazole rings is 1. The third kappa shape index (κ3) is 2.51. The normalized spacial score (nSPS) is 10.8. The molecule has 1 aromatic heterocycles. The molecule has 1 N–H and O–H groups in total. The lowest BCUT2D eigenvalue weighted by Gasteiger charge is -2.07. The molecule has 0 spiro atoms. The van der Waals surface area contributed by atoms with Gasteiger partial charge in [-0.05, 0) is 19.2 Å². The molecule has 0 unspecified atom stereocenters. The van der Waals surface area contributed by atoms with Crippen molar-refractivity contribution < 1.29 is 0 Å². The third-order valence-corrected chi connectivity index (χ3v) is 3.16. The summed E-state index contributed by atoms with van der Waals surface area (Å²) in [6.07, 6.45) is 2.88. The Hall–Kier alpha value is -1.32. The summed E-state index contributed by atoms with van der Waals surface area (Å²) < 4.78 is 2.10. The zero-order valence-electron chi connectivity index (χ0n) is 10.1. The molecule has 0 radical (unpaired) electrons. The summed E-state index contributed by atoms with van der Waals surface area (Å²) >= 11 is 6.18. The number of nitrogens with one attached hydrogen (secondary N) is 1. The van der Waals surface area contributed by atoms with E-state index in [9.17, 15) is 0 Å². The second-order valence-electron chi connectivity index (χ2n) is 3.97. The number of hydrogen-bond donors (Lipinski definition) is 1. The first-order chi connectivity index (χ1) is 8.24. The second-order valence-corrected chi connectivity index (χ2v) is 4.37. The van der Waals surface area contributed by atoms with Crippen LogP contribution in [0.4, 0.5) is 0 Å². The molecule has 0 bridgehead atoms. The summed E-state index contributed by atoms with van der Waals surface area (Å²) in [6, 6.07) is 7.78. The Balaban J connectivity index is 2.34. The van der Waals surface area contributed by atoms with E-state index < -0.39 is 0 Å². The lowest BCUT2D eigenvalue weighted by atomic mass is 10.2. The standard InChI is InChI=1S/C13H16ClN3/c1-15-8-7-10-9-16-13(17(10)2)11-5-3-4-6-12(11)14/h3-6,9,15H,7-8H2,1-2H3. The number of hydrogen-bond acceptors (Lipinski definition) is 2. The Morgan fingerprint density at radius 2 is 2.12 bits per heavy atom. The van der Waals surface area contributed by atoms with Crippen LogP contribution in [-0.2, 0) is 13.5 Å². The van der Waals surface area contributed by atoms with Gasteiger partial charge in [-0.1, -0.05) is 23.7 Å². The topological polar surface area (TPSA) is 29.9 Å². The van der Waals surface area contributed by atoms with Crippen LogP contribution in [0.15, 0.2) is 30.5 Å². The second kappa shape index (κ2) is 5.34. The van der Waals surface area contributed by atoms with E-state index in [4.69, 9.17) is 11.6 Å². The van der Waals surface area contributed by atoms with Crippen LogP contribution < -0.4 is 5.32 Å². The fourth-order valence-corrected chi connectivity index (χ4v) is 2.04. The van der Waals surface area contributed by atoms with Crippen molar-refractivity contribution in [2.24, 2.45) is 7.05 Å². The van der Waals surface area contributed by atoms with E-state index in [1.807, 2.05) is 44.6 Å². The largest absolute Gasteiger partial charge is 0.331 e. The van der Waals surface area contributed by atoms with Gasteiger partial charge in [0.25, 0.3) is 0 Å². The van der Waals surface area contributed by atoms with Crippen LogP contribution in [0.5, 0.6) is 0 Å². The quantitative estimate of drug-likeness (QED) is 0.902. The Bertz CT molecular complexity index is 505. The van der Waals surface area contributed by atoms with Gasteiger partial charge in [0.1, 0.15) is 5.82 Å². The molecule has 90 valence electrons. The van der Waals surface area contributed by atoms with Gasteiger partial charge in [0.05, 0.1) is 5.02 Å². The maximum absolute atomic E-state index is 6.18. The molecule has 0 amide bonds. The molecular formula is C13H16ClN3. The molecule has 0 aliphatic heterocycles. The van der Waals surface area contributed by atoms with Crippen molar-refractivity contribution in [1.82, 2.24) is 14.9 Å². The zero-order valence-corrected chi connectivity index (χ0v) is 10.8. The molecule has 3 nitrogen and oxygen atoms in total. The van der Waals surface area contributed by atoms with E-state index in [0.29, 0.717) is 0 Å². The summed E-state index contributed by atoms with van der Waals surface area (Å²) in [5.74, 6) is 0.918. The highest BCUT2D eigenvalue weighted by molar-refractivity contribution is 6.33. The summed E-state index contributed by atoms with van der Waals surface area (Å²) in [7, 11) is 3.97. The van der Waals surface area contributed by atoms with Crippen molar-refractivity contribution in [1.29, 1.82) is 0 Å². The third-order valence-electron chi connectivity index (χ3n) is 2.83. The van der Waals surface area contributed by atoms with Gasteiger partial charge in [0.2, 0.25) is 0 Å². The van der Waals surface area contributed by atoms with Crippen molar-refractivity contribution in [3.05, 3.63) is 41.2 Å². The van der Waals surface area contributed by atoms with Crippen LogP contribution in [0.2, 0.25) is 5.02 Å². The maximum atomic E-state index is 6.18. The smallest absolute Gasteiger partial charge is 0.141 e. The van der Waals surface area contributed by atoms with E-state index in [2.05, 4.69) is 14.9 Å². The van der Waals surface area contributed by atoms with Crippen LogP contribution in [-0.4, -0.2) is 23.1 Å². The first-order valence-electron chi connectivity index (χ1n) is 5.64. The Morgan fingerprint density at radius 3 is 2.82 bits per heavy atom. The highest BCUT2D eigenvalue weighted by Gasteiger charge is 2.10. The predicted octanol–water partition coefficient (Wildman–Crippen LogP) is 2.50. The molecule has 1 heterocycles. The van der Waals surface area contributed by atoms with E-state index in [1.165, 1.54) is 5.69 Å². The first-order valence-corrected chi connectivity index (χ1v) is 6.02. The Morgan fingerprint density at radius 1 is 1.35 bits per heavy atom. The van der Waals surface area contributed by atoms with Gasteiger partial charge in [-0.2, -0.15) is 0 Å². The van der Waals surface area contributed by atoms with E-state index in [0.717, 1.165) is 29.4 Å². The molecule has 2 aromatic rings. The van der Waals surface area contributed by atoms with Crippen molar-refractivity contribution in [2.75, 3.05) is 13.6 Å². The molecular weight excluding hydrogens is 234 g/mol. The summed E-state index contributed by atoms with van der Waals surface area (Å²) in [6.45, 7) is 0.946. The molecule has 0 aliphatic rings. The highest BCUT2D eigenvalue weighted by atomic mass is 35.5. The van der Waals surface area contributed by atoms with Gasteiger partial charge < -0.3 is 9.88 Å². The van der Waals surface area contributed by atoms with Crippen LogP contribution >= 0.6 is 11.6 Å². The summed E-state index contributed by atoms with van der Waals surface area (Å²) in [5.41, 5.74) is 2.18. The van der Waals surface area contributed by atoms with Gasteiger partial charge in [-0.3, -0.25) is 0 Å². The minimum Gasteiger partial charge on any atom is -0.331 e. The molecule has 4 heteroatoms. The van der Waals surface area contributed by atoms with Gasteiger partial charge >= 0.3 is 0 Å². The Labute approximate surface area is 106 Å². The number of nitrogens with zero attached hydrogens (tertiary/aromatic N) is 2. The van der Waals surface area contributed by atoms with Crippen LogP contribution in [0, 0.1) is 0 Å². The van der Waals surface area contributed by atoms with Crippen molar-refractivity contribution in [3.8, 4) is 11.4 Å².